The summed E-state index contributed by atoms with van der Waals surface area (Å²) in [5, 5.41) is 0.194. The Kier molecular flexibility index (Phi) is 33.7. The Morgan fingerprint density at radius 1 is 0.276 bits per heavy atom. The summed E-state index contributed by atoms with van der Waals surface area (Å²) in [6.07, 6.45) is 27.9. The van der Waals surface area contributed by atoms with Gasteiger partial charge in [0.2, 0.25) is 0 Å². The molecule has 0 radical (unpaired) electrons. The van der Waals surface area contributed by atoms with E-state index < -0.39 is 0 Å². The zero-order valence-corrected chi connectivity index (χ0v) is 54.7. The first-order valence-electron chi connectivity index (χ1n) is 29.5. The third-order valence-corrected chi connectivity index (χ3v) is 14.6. The predicted molar refractivity (Wildman–Crippen MR) is 365 cm³/mol. The van der Waals surface area contributed by atoms with Crippen LogP contribution in [0.5, 0.6) is 0 Å². The van der Waals surface area contributed by atoms with Gasteiger partial charge < -0.3 is 44.9 Å². The SMILES string of the molecule is CCCCCC[n+]1ccc(/C=C/c2ccc(C(=C(c3ccccc3)c3ccccc3)c3ccccc3)cc2)cc1.CCCCCC[n+]1ccc(/C=C/c2ccc(C(=C(c3ccccc3)c3ccccc3)c3ccccc3)cc2)cc1.ClCCl.O.O.[Br-].[Br-]. The molecule has 0 atom stereocenters. The first kappa shape index (κ1) is 72.0. The molecule has 0 aliphatic carbocycles. The van der Waals surface area contributed by atoms with Crippen LogP contribution in [0.4, 0.5) is 0 Å². The number of rotatable bonds is 22. The minimum Gasteiger partial charge on any atom is -1.00 e. The van der Waals surface area contributed by atoms with Crippen molar-refractivity contribution in [3.05, 3.63) is 346 Å². The number of halogens is 4. The predicted octanol–water partition coefficient (Wildman–Crippen LogP) is 13.2. The third kappa shape index (κ3) is 22.6. The van der Waals surface area contributed by atoms with E-state index in [2.05, 4.69) is 327 Å². The monoisotopic (exact) mass is 1320 g/mol. The van der Waals surface area contributed by atoms with Crippen molar-refractivity contribution >= 4 is 69.8 Å². The van der Waals surface area contributed by atoms with Crippen molar-refractivity contribution in [2.24, 2.45) is 0 Å². The van der Waals surface area contributed by atoms with Crippen molar-refractivity contribution in [3.63, 3.8) is 0 Å². The largest absolute Gasteiger partial charge is 1.00 e. The molecule has 4 N–H and O–H groups in total. The maximum absolute atomic E-state index is 4.76. The summed E-state index contributed by atoms with van der Waals surface area (Å²) in [7, 11) is 0. The van der Waals surface area contributed by atoms with E-state index in [-0.39, 0.29) is 50.3 Å². The number of aromatic nitrogens is 2. The molecule has 8 heteroatoms. The first-order chi connectivity index (χ1) is 41.0. The van der Waals surface area contributed by atoms with Crippen LogP contribution >= 0.6 is 23.2 Å². The fraction of sp³-hybridized carbons (Fsp3) is 0.165. The number of aryl methyl sites for hydroxylation is 2. The molecule has 0 saturated carbocycles. The fourth-order valence-corrected chi connectivity index (χ4v) is 10.3. The average molecular weight is 1320 g/mol. The van der Waals surface area contributed by atoms with Gasteiger partial charge in [0.25, 0.3) is 0 Å². The lowest BCUT2D eigenvalue weighted by Crippen LogP contribution is -3.00. The van der Waals surface area contributed by atoms with E-state index in [0.717, 1.165) is 13.1 Å². The molecule has 10 rings (SSSR count). The molecular formula is C79H82Br2Cl2N2O2. The van der Waals surface area contributed by atoms with E-state index in [1.54, 1.807) is 0 Å². The standard InChI is InChI=1S/2C39H38N.CH2Cl2.2BrH.2H2O/c2*1-2-3-4-14-29-40-30-27-33(28-31-40)22-21-32-23-25-37(26-24-32)39(36-19-12-7-13-20-36)38(34-15-8-5-9-16-34)35-17-10-6-11-18-35;2-1-3;;;;/h2*5-13,15-28,30-31H,2-4,14,29H2,1H3;1H2;2*1H;2*1H2/q2*+1;;;;;/p-2/b2*22-21+;;;;;. The van der Waals surface area contributed by atoms with E-state index >= 15 is 0 Å². The summed E-state index contributed by atoms with van der Waals surface area (Å²) in [5.41, 5.74) is 19.4. The number of benzene rings is 8. The van der Waals surface area contributed by atoms with Gasteiger partial charge in [-0.1, -0.05) is 294 Å². The molecule has 87 heavy (non-hydrogen) atoms. The average Bonchev–Trinajstić information content (AvgIpc) is 1.60. The van der Waals surface area contributed by atoms with Gasteiger partial charge in [0.15, 0.2) is 24.8 Å². The van der Waals surface area contributed by atoms with Crippen molar-refractivity contribution in [1.82, 2.24) is 0 Å². The molecule has 0 bridgehead atoms. The van der Waals surface area contributed by atoms with E-state index in [4.69, 9.17) is 23.2 Å². The fourth-order valence-electron chi connectivity index (χ4n) is 10.3. The third-order valence-electron chi connectivity index (χ3n) is 14.6. The summed E-state index contributed by atoms with van der Waals surface area (Å²) >= 11 is 9.53. The van der Waals surface area contributed by atoms with Gasteiger partial charge >= 0.3 is 0 Å². The minimum absolute atomic E-state index is 0. The molecule has 0 fully saturated rings. The van der Waals surface area contributed by atoms with Gasteiger partial charge in [-0.25, -0.2) is 9.13 Å². The molecule has 448 valence electrons. The van der Waals surface area contributed by atoms with Crippen LogP contribution in [-0.2, 0) is 13.1 Å². The lowest BCUT2D eigenvalue weighted by molar-refractivity contribution is -0.697. The number of nitrogens with zero attached hydrogens (tertiary/aromatic N) is 2. The van der Waals surface area contributed by atoms with Crippen molar-refractivity contribution in [2.45, 2.75) is 78.3 Å². The Labute approximate surface area is 549 Å². The Hall–Kier alpha value is -7.52. The summed E-state index contributed by atoms with van der Waals surface area (Å²) in [6, 6.07) is 91.1. The quantitative estimate of drug-likeness (QED) is 0.0281. The van der Waals surface area contributed by atoms with Gasteiger partial charge in [-0.2, -0.15) is 0 Å². The highest BCUT2D eigenvalue weighted by atomic mass is 79.9. The molecule has 8 aromatic carbocycles. The summed E-state index contributed by atoms with van der Waals surface area (Å²) in [5.74, 6) is 0. The van der Waals surface area contributed by atoms with E-state index in [0.29, 0.717) is 0 Å². The smallest absolute Gasteiger partial charge is 0.169 e. The van der Waals surface area contributed by atoms with Gasteiger partial charge in [-0.05, 0) is 102 Å². The van der Waals surface area contributed by atoms with E-state index in [9.17, 15) is 0 Å². The highest BCUT2D eigenvalue weighted by molar-refractivity contribution is 6.40. The lowest BCUT2D eigenvalue weighted by Gasteiger charge is -2.18. The number of hydrogen-bond donors (Lipinski definition) is 0. The van der Waals surface area contributed by atoms with Crippen LogP contribution in [0.25, 0.3) is 46.6 Å². The topological polar surface area (TPSA) is 70.8 Å². The summed E-state index contributed by atoms with van der Waals surface area (Å²) < 4.78 is 4.58. The molecule has 2 aromatic heterocycles. The molecule has 0 saturated heterocycles. The molecule has 0 aliphatic heterocycles. The second-order valence-corrected chi connectivity index (χ2v) is 21.4. The molecule has 10 aromatic rings. The van der Waals surface area contributed by atoms with Crippen LogP contribution in [0.15, 0.2) is 280 Å². The molecular weight excluding hydrogens is 1240 g/mol. The summed E-state index contributed by atoms with van der Waals surface area (Å²) in [4.78, 5) is 0. The Bertz CT molecular complexity index is 3240. The van der Waals surface area contributed by atoms with Crippen molar-refractivity contribution in [2.75, 3.05) is 5.34 Å². The van der Waals surface area contributed by atoms with Gasteiger partial charge in [-0.15, -0.1) is 23.2 Å². The van der Waals surface area contributed by atoms with E-state index in [1.165, 1.54) is 140 Å². The van der Waals surface area contributed by atoms with Crippen LogP contribution in [0.2, 0.25) is 0 Å². The van der Waals surface area contributed by atoms with Crippen LogP contribution in [0, 0.1) is 0 Å². The van der Waals surface area contributed by atoms with Crippen LogP contribution in [0.3, 0.4) is 0 Å². The van der Waals surface area contributed by atoms with Gasteiger partial charge in [0.05, 0.1) is 5.34 Å². The minimum atomic E-state index is 0. The lowest BCUT2D eigenvalue weighted by atomic mass is 9.85. The Morgan fingerprint density at radius 3 is 0.678 bits per heavy atom. The number of pyridine rings is 2. The zero-order chi connectivity index (χ0) is 57.5. The highest BCUT2D eigenvalue weighted by Crippen LogP contribution is 2.38. The number of alkyl halides is 2. The summed E-state index contributed by atoms with van der Waals surface area (Å²) in [6.45, 7) is 6.70. The number of unbranched alkanes of at least 4 members (excludes halogenated alkanes) is 6. The number of hydrogen-bond acceptors (Lipinski definition) is 0. The van der Waals surface area contributed by atoms with Gasteiger partial charge in [-0.3, -0.25) is 0 Å². The molecule has 0 spiro atoms. The second kappa shape index (κ2) is 40.8. The molecule has 0 aliphatic rings. The van der Waals surface area contributed by atoms with Crippen molar-refractivity contribution in [3.8, 4) is 0 Å². The molecule has 0 amide bonds. The zero-order valence-electron chi connectivity index (χ0n) is 50.1. The van der Waals surface area contributed by atoms with Crippen LogP contribution < -0.4 is 43.1 Å². The van der Waals surface area contributed by atoms with Gasteiger partial charge in [0.1, 0.15) is 13.1 Å². The van der Waals surface area contributed by atoms with Crippen LogP contribution in [-0.4, -0.2) is 16.3 Å². The molecule has 0 unspecified atom stereocenters. The second-order valence-electron chi connectivity index (χ2n) is 20.6. The van der Waals surface area contributed by atoms with Gasteiger partial charge in [0, 0.05) is 37.1 Å². The normalized spacial score (nSPS) is 10.3. The van der Waals surface area contributed by atoms with Crippen molar-refractivity contribution in [1.29, 1.82) is 0 Å². The van der Waals surface area contributed by atoms with Crippen molar-refractivity contribution < 1.29 is 54.0 Å². The highest BCUT2D eigenvalue weighted by Gasteiger charge is 2.18. The first-order valence-corrected chi connectivity index (χ1v) is 30.6. The molecule has 2 heterocycles. The van der Waals surface area contributed by atoms with E-state index in [1.807, 2.05) is 0 Å². The maximum atomic E-state index is 4.76. The Morgan fingerprint density at radius 2 is 0.471 bits per heavy atom. The molecule has 4 nitrogen and oxygen atoms in total. The van der Waals surface area contributed by atoms with Crippen LogP contribution in [0.1, 0.15) is 132 Å². The Balaban J connectivity index is 0.000000341. The maximum Gasteiger partial charge on any atom is 0.169 e.